The lowest BCUT2D eigenvalue weighted by Crippen LogP contribution is -2.24. The number of hydrogen-bond donors (Lipinski definition) is 1. The summed E-state index contributed by atoms with van der Waals surface area (Å²) in [6.45, 7) is 7.58. The van der Waals surface area contributed by atoms with Gasteiger partial charge in [0.1, 0.15) is 0 Å². The molecule has 1 saturated carbocycles. The summed E-state index contributed by atoms with van der Waals surface area (Å²) in [5.41, 5.74) is 1.33. The Hall–Kier alpha value is -0.830. The zero-order chi connectivity index (χ0) is 12.3. The third-order valence-electron chi connectivity index (χ3n) is 3.60. The molecule has 0 saturated heterocycles. The van der Waals surface area contributed by atoms with E-state index in [2.05, 4.69) is 35.6 Å². The first kappa shape index (κ1) is 12.6. The molecular formula is C14H25N3. The van der Waals surface area contributed by atoms with Gasteiger partial charge in [-0.05, 0) is 18.8 Å². The van der Waals surface area contributed by atoms with Crippen molar-refractivity contribution in [3.63, 3.8) is 0 Å². The lowest BCUT2D eigenvalue weighted by atomic mass is 10.1. The summed E-state index contributed by atoms with van der Waals surface area (Å²) in [4.78, 5) is 4.32. The Kier molecular flexibility index (Phi) is 4.21. The number of hydrogen-bond acceptors (Lipinski definition) is 2. The Bertz CT molecular complexity index is 339. The first-order valence-corrected chi connectivity index (χ1v) is 6.94. The molecule has 0 aliphatic heterocycles. The minimum atomic E-state index is 0.529. The topological polar surface area (TPSA) is 29.9 Å². The molecule has 1 aromatic rings. The van der Waals surface area contributed by atoms with Crippen LogP contribution in [0.2, 0.25) is 0 Å². The molecule has 3 heteroatoms. The lowest BCUT2D eigenvalue weighted by Gasteiger charge is -2.20. The van der Waals surface area contributed by atoms with E-state index < -0.39 is 0 Å². The van der Waals surface area contributed by atoms with Gasteiger partial charge >= 0.3 is 0 Å². The molecule has 0 bridgehead atoms. The summed E-state index contributed by atoms with van der Waals surface area (Å²) >= 11 is 0. The van der Waals surface area contributed by atoms with Crippen LogP contribution in [0.3, 0.4) is 0 Å². The Morgan fingerprint density at radius 1 is 1.47 bits per heavy atom. The largest absolute Gasteiger partial charge is 0.330 e. The predicted molar refractivity (Wildman–Crippen MR) is 70.9 cm³/mol. The molecule has 1 aliphatic carbocycles. The van der Waals surface area contributed by atoms with Crippen LogP contribution in [-0.4, -0.2) is 15.6 Å². The number of nitrogens with one attached hydrogen (secondary N) is 1. The van der Waals surface area contributed by atoms with Gasteiger partial charge in [0, 0.05) is 24.8 Å². The van der Waals surface area contributed by atoms with Crippen LogP contribution in [0, 0.1) is 5.92 Å². The highest BCUT2D eigenvalue weighted by atomic mass is 15.1. The third kappa shape index (κ3) is 3.56. The van der Waals surface area contributed by atoms with E-state index in [1.807, 2.05) is 12.5 Å². The lowest BCUT2D eigenvalue weighted by molar-refractivity contribution is 0.410. The highest BCUT2D eigenvalue weighted by Gasteiger charge is 2.26. The van der Waals surface area contributed by atoms with E-state index in [1.165, 1.54) is 31.4 Å². The fourth-order valence-corrected chi connectivity index (χ4v) is 2.32. The summed E-state index contributed by atoms with van der Waals surface area (Å²) in [7, 11) is 0. The average Bonchev–Trinajstić information content (AvgIpc) is 3.00. The summed E-state index contributed by atoms with van der Waals surface area (Å²) in [5, 5.41) is 3.48. The molecule has 0 radical (unpaired) electrons. The Morgan fingerprint density at radius 2 is 2.24 bits per heavy atom. The first-order chi connectivity index (χ1) is 8.20. The van der Waals surface area contributed by atoms with Crippen molar-refractivity contribution >= 4 is 0 Å². The van der Waals surface area contributed by atoms with E-state index in [9.17, 15) is 0 Å². The molecule has 17 heavy (non-hydrogen) atoms. The minimum Gasteiger partial charge on any atom is -0.330 e. The fraction of sp³-hybridized carbons (Fsp3) is 0.786. The molecule has 2 rings (SSSR count). The standard InChI is InChI=1S/C14H25N3/c1-4-13(7-12-5-6-12)17-10-15-8-14(17)9-16-11(2)3/h8,10-13,16H,4-7,9H2,1-3H3. The zero-order valence-electron chi connectivity index (χ0n) is 11.3. The molecule has 0 aromatic carbocycles. The molecule has 96 valence electrons. The first-order valence-electron chi connectivity index (χ1n) is 6.94. The highest BCUT2D eigenvalue weighted by Crippen LogP contribution is 2.38. The van der Waals surface area contributed by atoms with Crippen molar-refractivity contribution in [2.24, 2.45) is 5.92 Å². The molecule has 1 unspecified atom stereocenters. The molecule has 1 N–H and O–H groups in total. The fourth-order valence-electron chi connectivity index (χ4n) is 2.32. The van der Waals surface area contributed by atoms with Gasteiger partial charge in [0.05, 0.1) is 12.0 Å². The van der Waals surface area contributed by atoms with Crippen LogP contribution in [0.25, 0.3) is 0 Å². The quantitative estimate of drug-likeness (QED) is 0.787. The summed E-state index contributed by atoms with van der Waals surface area (Å²) in [6, 6.07) is 1.18. The van der Waals surface area contributed by atoms with Gasteiger partial charge in [-0.2, -0.15) is 0 Å². The number of rotatable bonds is 7. The average molecular weight is 235 g/mol. The summed E-state index contributed by atoms with van der Waals surface area (Å²) < 4.78 is 2.38. The molecule has 1 fully saturated rings. The maximum atomic E-state index is 4.32. The van der Waals surface area contributed by atoms with Crippen LogP contribution in [0.1, 0.15) is 58.2 Å². The van der Waals surface area contributed by atoms with Gasteiger partial charge in [-0.1, -0.05) is 33.6 Å². The van der Waals surface area contributed by atoms with Crippen molar-refractivity contribution in [1.82, 2.24) is 14.9 Å². The second-order valence-corrected chi connectivity index (χ2v) is 5.57. The predicted octanol–water partition coefficient (Wildman–Crippen LogP) is 3.13. The maximum Gasteiger partial charge on any atom is 0.0951 e. The molecular weight excluding hydrogens is 210 g/mol. The summed E-state index contributed by atoms with van der Waals surface area (Å²) in [5.74, 6) is 0.980. The van der Waals surface area contributed by atoms with Crippen molar-refractivity contribution in [2.45, 2.75) is 65.1 Å². The molecule has 1 atom stereocenters. The van der Waals surface area contributed by atoms with Crippen LogP contribution in [0.15, 0.2) is 12.5 Å². The number of aromatic nitrogens is 2. The van der Waals surface area contributed by atoms with E-state index in [4.69, 9.17) is 0 Å². The van der Waals surface area contributed by atoms with Gasteiger partial charge in [0.15, 0.2) is 0 Å². The molecule has 0 spiro atoms. The van der Waals surface area contributed by atoms with Crippen LogP contribution >= 0.6 is 0 Å². The zero-order valence-corrected chi connectivity index (χ0v) is 11.3. The van der Waals surface area contributed by atoms with Gasteiger partial charge in [-0.15, -0.1) is 0 Å². The van der Waals surface area contributed by atoms with E-state index in [0.717, 1.165) is 12.5 Å². The van der Waals surface area contributed by atoms with Crippen molar-refractivity contribution in [3.8, 4) is 0 Å². The maximum absolute atomic E-state index is 4.32. The molecule has 3 nitrogen and oxygen atoms in total. The van der Waals surface area contributed by atoms with Crippen molar-refractivity contribution < 1.29 is 0 Å². The smallest absolute Gasteiger partial charge is 0.0951 e. The van der Waals surface area contributed by atoms with Crippen LogP contribution in [0.5, 0.6) is 0 Å². The second-order valence-electron chi connectivity index (χ2n) is 5.57. The van der Waals surface area contributed by atoms with Gasteiger partial charge < -0.3 is 9.88 Å². The Morgan fingerprint density at radius 3 is 2.82 bits per heavy atom. The van der Waals surface area contributed by atoms with Gasteiger partial charge in [0.25, 0.3) is 0 Å². The third-order valence-corrected chi connectivity index (χ3v) is 3.60. The van der Waals surface area contributed by atoms with Crippen molar-refractivity contribution in [1.29, 1.82) is 0 Å². The molecule has 1 aliphatic rings. The highest BCUT2D eigenvalue weighted by molar-refractivity contribution is 5.01. The normalized spacial score (nSPS) is 17.6. The van der Waals surface area contributed by atoms with Gasteiger partial charge in [-0.3, -0.25) is 0 Å². The molecule has 1 aromatic heterocycles. The number of nitrogens with zero attached hydrogens (tertiary/aromatic N) is 2. The van der Waals surface area contributed by atoms with Gasteiger partial charge in [-0.25, -0.2) is 4.98 Å². The monoisotopic (exact) mass is 235 g/mol. The Balaban J connectivity index is 1.99. The molecule has 1 heterocycles. The van der Waals surface area contributed by atoms with E-state index in [-0.39, 0.29) is 0 Å². The van der Waals surface area contributed by atoms with Gasteiger partial charge in [0.2, 0.25) is 0 Å². The van der Waals surface area contributed by atoms with Crippen LogP contribution in [-0.2, 0) is 6.54 Å². The van der Waals surface area contributed by atoms with Crippen LogP contribution < -0.4 is 5.32 Å². The molecule has 0 amide bonds. The van der Waals surface area contributed by atoms with E-state index >= 15 is 0 Å². The van der Waals surface area contributed by atoms with E-state index in [1.54, 1.807) is 0 Å². The van der Waals surface area contributed by atoms with Crippen LogP contribution in [0.4, 0.5) is 0 Å². The van der Waals surface area contributed by atoms with Crippen molar-refractivity contribution in [2.75, 3.05) is 0 Å². The second kappa shape index (κ2) is 5.67. The minimum absolute atomic E-state index is 0.529. The van der Waals surface area contributed by atoms with E-state index in [0.29, 0.717) is 12.1 Å². The SMILES string of the molecule is CCC(CC1CC1)n1cncc1CNC(C)C. The summed E-state index contributed by atoms with van der Waals surface area (Å²) in [6.07, 6.45) is 9.43. The van der Waals surface area contributed by atoms with Crippen molar-refractivity contribution in [3.05, 3.63) is 18.2 Å². The number of imidazole rings is 1. The Labute approximate surface area is 105 Å².